The van der Waals surface area contributed by atoms with Gasteiger partial charge in [-0.15, -0.1) is 0 Å². The number of nitrogens with one attached hydrogen (secondary N) is 1. The van der Waals surface area contributed by atoms with Crippen molar-refractivity contribution < 1.29 is 18.0 Å². The third-order valence-electron chi connectivity index (χ3n) is 5.47. The van der Waals surface area contributed by atoms with E-state index in [0.29, 0.717) is 31.9 Å². The lowest BCUT2D eigenvalue weighted by Crippen LogP contribution is -2.50. The van der Waals surface area contributed by atoms with E-state index >= 15 is 0 Å². The molecule has 2 fully saturated rings. The van der Waals surface area contributed by atoms with E-state index in [1.165, 1.54) is 37.1 Å². The van der Waals surface area contributed by atoms with Crippen LogP contribution in [-0.4, -0.2) is 65.7 Å². The molecule has 1 aromatic heterocycles. The minimum Gasteiger partial charge on any atom is -0.356 e. The van der Waals surface area contributed by atoms with E-state index in [9.17, 15) is 18.0 Å². The highest BCUT2D eigenvalue weighted by Gasteiger charge is 2.29. The molecular weight excluding hydrogens is 441 g/mol. The van der Waals surface area contributed by atoms with Crippen molar-refractivity contribution in [3.8, 4) is 0 Å². The lowest BCUT2D eigenvalue weighted by atomic mass is 10.3. The van der Waals surface area contributed by atoms with Crippen molar-refractivity contribution in [3.63, 3.8) is 0 Å². The smallest absolute Gasteiger partial charge is 0.356 e. The van der Waals surface area contributed by atoms with E-state index in [2.05, 4.69) is 25.1 Å². The average molecular weight is 467 g/mol. The number of aryl methyl sites for hydroxylation is 1. The predicted octanol–water partition coefficient (Wildman–Crippen LogP) is 4.35. The zero-order valence-corrected chi connectivity index (χ0v) is 18.5. The van der Waals surface area contributed by atoms with Crippen molar-refractivity contribution in [3.05, 3.63) is 36.2 Å². The van der Waals surface area contributed by atoms with Crippen LogP contribution in [0, 0.1) is 6.92 Å². The second kappa shape index (κ2) is 9.43. The molecule has 2 amide bonds. The number of hydrogen-bond acceptors (Lipinski definition) is 6. The number of alkyl halides is 3. The summed E-state index contributed by atoms with van der Waals surface area (Å²) in [6, 6.07) is 7.41. The summed E-state index contributed by atoms with van der Waals surface area (Å²) < 4.78 is 37.3. The van der Waals surface area contributed by atoms with Gasteiger partial charge in [0.05, 0.1) is 0 Å². The number of benzene rings is 1. The van der Waals surface area contributed by atoms with Gasteiger partial charge in [-0.3, -0.25) is 0 Å². The van der Waals surface area contributed by atoms with Crippen LogP contribution in [0.15, 0.2) is 35.2 Å². The molecule has 0 atom stereocenters. The standard InChI is InChI=1S/C21H25F3N6OS/c1-15-25-18(28-8-2-3-9-28)14-19(26-15)29-10-12-30(13-11-29)20(31)27-16-4-6-17(7-5-16)32-21(22,23)24/h4-7,14H,2-3,8-13H2,1H3,(H,27,31). The molecule has 4 rings (SSSR count). The van der Waals surface area contributed by atoms with Crippen molar-refractivity contribution in [1.82, 2.24) is 14.9 Å². The maximum absolute atomic E-state index is 12.6. The first-order valence-corrected chi connectivity index (χ1v) is 11.4. The molecule has 7 nitrogen and oxygen atoms in total. The fraction of sp³-hybridized carbons (Fsp3) is 0.476. The number of carbonyl (C=O) groups is 1. The van der Waals surface area contributed by atoms with Gasteiger partial charge in [-0.25, -0.2) is 14.8 Å². The molecule has 0 unspecified atom stereocenters. The molecule has 11 heteroatoms. The average Bonchev–Trinajstić information content (AvgIpc) is 3.29. The third kappa shape index (κ3) is 5.76. The van der Waals surface area contributed by atoms with Crippen LogP contribution in [0.2, 0.25) is 0 Å². The molecule has 2 saturated heterocycles. The maximum Gasteiger partial charge on any atom is 0.446 e. The fourth-order valence-electron chi connectivity index (χ4n) is 3.89. The summed E-state index contributed by atoms with van der Waals surface area (Å²) in [5, 5.41) is 2.76. The number of rotatable bonds is 4. The number of urea groups is 1. The van der Waals surface area contributed by atoms with Crippen LogP contribution in [0.3, 0.4) is 0 Å². The molecule has 3 heterocycles. The first kappa shape index (κ1) is 22.5. The number of halogens is 3. The first-order chi connectivity index (χ1) is 15.3. The van der Waals surface area contributed by atoms with Crippen LogP contribution in [0.4, 0.5) is 35.3 Å². The first-order valence-electron chi connectivity index (χ1n) is 10.5. The van der Waals surface area contributed by atoms with Gasteiger partial charge in [0.25, 0.3) is 0 Å². The molecule has 2 aliphatic rings. The maximum atomic E-state index is 12.6. The van der Waals surface area contributed by atoms with Gasteiger partial charge >= 0.3 is 11.5 Å². The van der Waals surface area contributed by atoms with Crippen LogP contribution in [0.1, 0.15) is 18.7 Å². The second-order valence-corrected chi connectivity index (χ2v) is 8.94. The van der Waals surface area contributed by atoms with Gasteiger partial charge < -0.3 is 20.0 Å². The number of piperazine rings is 1. The van der Waals surface area contributed by atoms with E-state index in [1.54, 1.807) is 4.90 Å². The quantitative estimate of drug-likeness (QED) is 0.676. The monoisotopic (exact) mass is 466 g/mol. The second-order valence-electron chi connectivity index (χ2n) is 7.80. The van der Waals surface area contributed by atoms with Gasteiger partial charge in [0.2, 0.25) is 0 Å². The normalized spacial score (nSPS) is 17.1. The number of carbonyl (C=O) groups excluding carboxylic acids is 1. The largest absolute Gasteiger partial charge is 0.446 e. The zero-order valence-electron chi connectivity index (χ0n) is 17.7. The molecule has 1 aromatic carbocycles. The SMILES string of the molecule is Cc1nc(N2CCCC2)cc(N2CCN(C(=O)Nc3ccc(SC(F)(F)F)cc3)CC2)n1. The summed E-state index contributed by atoms with van der Waals surface area (Å²) in [6.45, 7) is 6.26. The van der Waals surface area contributed by atoms with Gasteiger partial charge in [0, 0.05) is 55.9 Å². The summed E-state index contributed by atoms with van der Waals surface area (Å²) in [5.41, 5.74) is -3.87. The number of anilines is 3. The Morgan fingerprint density at radius 1 is 0.938 bits per heavy atom. The van der Waals surface area contributed by atoms with Gasteiger partial charge in [-0.05, 0) is 55.8 Å². The van der Waals surface area contributed by atoms with E-state index in [0.717, 1.165) is 30.5 Å². The number of thioether (sulfide) groups is 1. The van der Waals surface area contributed by atoms with Crippen LogP contribution >= 0.6 is 11.8 Å². The van der Waals surface area contributed by atoms with Crippen molar-refractivity contribution in [1.29, 1.82) is 0 Å². The zero-order chi connectivity index (χ0) is 22.7. The summed E-state index contributed by atoms with van der Waals surface area (Å²) in [6.07, 6.45) is 2.35. The van der Waals surface area contributed by atoms with Crippen LogP contribution in [0.5, 0.6) is 0 Å². The Hall–Kier alpha value is -2.69. The minimum absolute atomic E-state index is 0.0811. The Balaban J connectivity index is 1.32. The molecule has 2 aromatic rings. The van der Waals surface area contributed by atoms with Gasteiger partial charge in [0.1, 0.15) is 17.5 Å². The third-order valence-corrected chi connectivity index (χ3v) is 6.21. The highest BCUT2D eigenvalue weighted by molar-refractivity contribution is 8.00. The molecule has 2 aliphatic heterocycles. The highest BCUT2D eigenvalue weighted by atomic mass is 32.2. The molecule has 32 heavy (non-hydrogen) atoms. The minimum atomic E-state index is -4.33. The van der Waals surface area contributed by atoms with Crippen molar-refractivity contribution in [2.24, 2.45) is 0 Å². The van der Waals surface area contributed by atoms with Gasteiger partial charge in [-0.1, -0.05) is 0 Å². The van der Waals surface area contributed by atoms with Crippen LogP contribution < -0.4 is 15.1 Å². The molecule has 0 aliphatic carbocycles. The Morgan fingerprint density at radius 3 is 2.06 bits per heavy atom. The Kier molecular flexibility index (Phi) is 6.63. The number of amides is 2. The van der Waals surface area contributed by atoms with E-state index in [4.69, 9.17) is 0 Å². The van der Waals surface area contributed by atoms with Gasteiger partial charge in [-0.2, -0.15) is 13.2 Å². The summed E-state index contributed by atoms with van der Waals surface area (Å²) >= 11 is -0.178. The molecule has 0 bridgehead atoms. The van der Waals surface area contributed by atoms with E-state index < -0.39 is 5.51 Å². The number of nitrogens with zero attached hydrogens (tertiary/aromatic N) is 5. The number of hydrogen-bond donors (Lipinski definition) is 1. The molecule has 172 valence electrons. The predicted molar refractivity (Wildman–Crippen MR) is 119 cm³/mol. The van der Waals surface area contributed by atoms with Crippen molar-refractivity contribution in [2.75, 3.05) is 54.4 Å². The summed E-state index contributed by atoms with van der Waals surface area (Å²) in [5.74, 6) is 2.56. The topological polar surface area (TPSA) is 64.6 Å². The summed E-state index contributed by atoms with van der Waals surface area (Å²) in [4.78, 5) is 28.0. The molecule has 0 saturated carbocycles. The van der Waals surface area contributed by atoms with Crippen molar-refractivity contribution >= 4 is 35.1 Å². The molecular formula is C21H25F3N6OS. The lowest BCUT2D eigenvalue weighted by molar-refractivity contribution is -0.0328. The fourth-order valence-corrected chi connectivity index (χ4v) is 4.43. The van der Waals surface area contributed by atoms with E-state index in [1.807, 2.05) is 13.0 Å². The lowest BCUT2D eigenvalue weighted by Gasteiger charge is -2.35. The molecule has 0 spiro atoms. The van der Waals surface area contributed by atoms with E-state index in [-0.39, 0.29) is 22.7 Å². The van der Waals surface area contributed by atoms with Crippen LogP contribution in [0.25, 0.3) is 0 Å². The van der Waals surface area contributed by atoms with Gasteiger partial charge in [0.15, 0.2) is 0 Å². The summed E-state index contributed by atoms with van der Waals surface area (Å²) in [7, 11) is 0. The Labute approximate surface area is 189 Å². The molecule has 0 radical (unpaired) electrons. The van der Waals surface area contributed by atoms with Crippen LogP contribution in [-0.2, 0) is 0 Å². The molecule has 1 N–H and O–H groups in total. The Morgan fingerprint density at radius 2 is 1.50 bits per heavy atom. The van der Waals surface area contributed by atoms with Crippen molar-refractivity contribution in [2.45, 2.75) is 30.2 Å². The number of aromatic nitrogens is 2. The Bertz CT molecular complexity index is 942. The highest BCUT2D eigenvalue weighted by Crippen LogP contribution is 2.37.